The fourth-order valence-corrected chi connectivity index (χ4v) is 3.46. The van der Waals surface area contributed by atoms with Crippen LogP contribution < -0.4 is 5.32 Å². The molecule has 0 aliphatic heterocycles. The molecule has 0 bridgehead atoms. The number of hydrogen-bond acceptors (Lipinski definition) is 3. The highest BCUT2D eigenvalue weighted by molar-refractivity contribution is 4.94. The highest BCUT2D eigenvalue weighted by atomic mass is 16.5. The summed E-state index contributed by atoms with van der Waals surface area (Å²) in [7, 11) is 0. The summed E-state index contributed by atoms with van der Waals surface area (Å²) in [5.41, 5.74) is 0.489. The summed E-state index contributed by atoms with van der Waals surface area (Å²) in [5, 5.41) is 3.70. The summed E-state index contributed by atoms with van der Waals surface area (Å²) < 4.78 is 11.8. The third-order valence-corrected chi connectivity index (χ3v) is 5.25. The van der Waals surface area contributed by atoms with Crippen molar-refractivity contribution in [2.75, 3.05) is 26.4 Å². The number of hydrogen-bond donors (Lipinski definition) is 1. The Balaban J connectivity index is 1.83. The molecule has 2 aliphatic rings. The topological polar surface area (TPSA) is 30.5 Å². The van der Waals surface area contributed by atoms with Gasteiger partial charge in [-0.3, -0.25) is 0 Å². The lowest BCUT2D eigenvalue weighted by Gasteiger charge is -2.44. The molecule has 0 aromatic rings. The van der Waals surface area contributed by atoms with Crippen molar-refractivity contribution in [3.8, 4) is 0 Å². The molecule has 3 heteroatoms. The Morgan fingerprint density at radius 3 is 2.24 bits per heavy atom. The predicted molar refractivity (Wildman–Crippen MR) is 87.6 cm³/mol. The van der Waals surface area contributed by atoms with E-state index in [1.54, 1.807) is 0 Å². The summed E-state index contributed by atoms with van der Waals surface area (Å²) in [6.45, 7) is 12.4. The van der Waals surface area contributed by atoms with Gasteiger partial charge in [-0.15, -0.1) is 0 Å². The van der Waals surface area contributed by atoms with E-state index in [9.17, 15) is 0 Å². The van der Waals surface area contributed by atoms with Crippen LogP contribution in [0.25, 0.3) is 0 Å². The van der Waals surface area contributed by atoms with Crippen LogP contribution >= 0.6 is 0 Å². The third-order valence-electron chi connectivity index (χ3n) is 5.25. The van der Waals surface area contributed by atoms with Gasteiger partial charge in [-0.25, -0.2) is 0 Å². The number of rotatable bonds is 8. The van der Waals surface area contributed by atoms with E-state index in [4.69, 9.17) is 9.47 Å². The van der Waals surface area contributed by atoms with Gasteiger partial charge in [0.1, 0.15) is 0 Å². The largest absolute Gasteiger partial charge is 0.379 e. The molecule has 0 spiro atoms. The zero-order chi connectivity index (χ0) is 15.3. The maximum absolute atomic E-state index is 6.32. The monoisotopic (exact) mass is 297 g/mol. The molecule has 0 aromatic carbocycles. The van der Waals surface area contributed by atoms with Crippen LogP contribution in [0.5, 0.6) is 0 Å². The van der Waals surface area contributed by atoms with Gasteiger partial charge in [-0.05, 0) is 56.8 Å². The Morgan fingerprint density at radius 2 is 1.71 bits per heavy atom. The molecule has 1 N–H and O–H groups in total. The minimum atomic E-state index is 0.0570. The van der Waals surface area contributed by atoms with Gasteiger partial charge in [-0.1, -0.05) is 20.8 Å². The lowest BCUT2D eigenvalue weighted by atomic mass is 9.68. The zero-order valence-corrected chi connectivity index (χ0v) is 14.5. The second-order valence-electron chi connectivity index (χ2n) is 8.02. The van der Waals surface area contributed by atoms with Crippen LogP contribution in [0.3, 0.4) is 0 Å². The van der Waals surface area contributed by atoms with E-state index in [-0.39, 0.29) is 5.60 Å². The molecule has 0 unspecified atom stereocenters. The maximum atomic E-state index is 6.32. The minimum absolute atomic E-state index is 0.0570. The van der Waals surface area contributed by atoms with Crippen molar-refractivity contribution in [3.63, 3.8) is 0 Å². The second-order valence-corrected chi connectivity index (χ2v) is 8.02. The summed E-state index contributed by atoms with van der Waals surface area (Å²) in [6, 6.07) is 0.762. The van der Waals surface area contributed by atoms with E-state index in [1.165, 1.54) is 38.5 Å². The standard InChI is InChI=1S/C18H35NO2/c1-5-20-12-13-21-18(14-19-16-6-7-16)10-8-15(9-11-18)17(2,3)4/h15-16,19H,5-14H2,1-4H3. The van der Waals surface area contributed by atoms with Gasteiger partial charge in [0.05, 0.1) is 18.8 Å². The first-order valence-corrected chi connectivity index (χ1v) is 8.90. The van der Waals surface area contributed by atoms with Gasteiger partial charge in [0.15, 0.2) is 0 Å². The molecular weight excluding hydrogens is 262 g/mol. The zero-order valence-electron chi connectivity index (χ0n) is 14.5. The van der Waals surface area contributed by atoms with Crippen LogP contribution in [0.2, 0.25) is 0 Å². The Kier molecular flexibility index (Phi) is 6.10. The van der Waals surface area contributed by atoms with E-state index in [2.05, 4.69) is 26.1 Å². The molecule has 21 heavy (non-hydrogen) atoms. The highest BCUT2D eigenvalue weighted by Crippen LogP contribution is 2.42. The Bertz CT molecular complexity index is 299. The molecule has 0 saturated heterocycles. The number of nitrogens with one attached hydrogen (secondary N) is 1. The molecule has 0 aromatic heterocycles. The third kappa shape index (κ3) is 5.54. The van der Waals surface area contributed by atoms with Crippen LogP contribution in [-0.4, -0.2) is 38.0 Å². The molecule has 0 radical (unpaired) electrons. The van der Waals surface area contributed by atoms with Crippen LogP contribution in [0, 0.1) is 11.3 Å². The van der Waals surface area contributed by atoms with Crippen LogP contribution in [0.4, 0.5) is 0 Å². The summed E-state index contributed by atoms with van der Waals surface area (Å²) in [5.74, 6) is 0.835. The quantitative estimate of drug-likeness (QED) is 0.692. The van der Waals surface area contributed by atoms with E-state index in [0.29, 0.717) is 5.41 Å². The normalized spacial score (nSPS) is 30.6. The van der Waals surface area contributed by atoms with Crippen molar-refractivity contribution in [3.05, 3.63) is 0 Å². The highest BCUT2D eigenvalue weighted by Gasteiger charge is 2.40. The summed E-state index contributed by atoms with van der Waals surface area (Å²) in [4.78, 5) is 0. The Labute approximate surface area is 131 Å². The van der Waals surface area contributed by atoms with Gasteiger partial charge < -0.3 is 14.8 Å². The van der Waals surface area contributed by atoms with Crippen molar-refractivity contribution < 1.29 is 9.47 Å². The second kappa shape index (κ2) is 7.43. The molecule has 3 nitrogen and oxygen atoms in total. The molecule has 2 fully saturated rings. The summed E-state index contributed by atoms with van der Waals surface area (Å²) in [6.07, 6.45) is 7.68. The molecule has 2 saturated carbocycles. The number of ether oxygens (including phenoxy) is 2. The lowest BCUT2D eigenvalue weighted by molar-refractivity contribution is -0.0985. The van der Waals surface area contributed by atoms with Gasteiger partial charge in [0.25, 0.3) is 0 Å². The van der Waals surface area contributed by atoms with Gasteiger partial charge in [-0.2, -0.15) is 0 Å². The van der Waals surface area contributed by atoms with E-state index in [1.807, 2.05) is 6.92 Å². The van der Waals surface area contributed by atoms with Crippen LogP contribution in [0.15, 0.2) is 0 Å². The van der Waals surface area contributed by atoms with Gasteiger partial charge in [0.2, 0.25) is 0 Å². The first-order chi connectivity index (χ1) is 9.95. The van der Waals surface area contributed by atoms with Crippen molar-refractivity contribution in [2.24, 2.45) is 11.3 Å². The Hall–Kier alpha value is -0.120. The molecular formula is C18H35NO2. The molecule has 2 rings (SSSR count). The van der Waals surface area contributed by atoms with Crippen molar-refractivity contribution >= 4 is 0 Å². The summed E-state index contributed by atoms with van der Waals surface area (Å²) >= 11 is 0. The van der Waals surface area contributed by atoms with Crippen LogP contribution in [-0.2, 0) is 9.47 Å². The molecule has 0 amide bonds. The molecule has 2 aliphatic carbocycles. The van der Waals surface area contributed by atoms with Crippen molar-refractivity contribution in [1.29, 1.82) is 0 Å². The predicted octanol–water partition coefficient (Wildman–Crippen LogP) is 3.77. The first kappa shape index (κ1) is 17.2. The van der Waals surface area contributed by atoms with Gasteiger partial charge >= 0.3 is 0 Å². The van der Waals surface area contributed by atoms with E-state index in [0.717, 1.165) is 38.3 Å². The maximum Gasteiger partial charge on any atom is 0.0807 e. The SMILES string of the molecule is CCOCCOC1(CNC2CC2)CCC(C(C)(C)C)CC1. The van der Waals surface area contributed by atoms with Crippen molar-refractivity contribution in [2.45, 2.75) is 77.9 Å². The lowest BCUT2D eigenvalue weighted by Crippen LogP contribution is -2.48. The van der Waals surface area contributed by atoms with E-state index < -0.39 is 0 Å². The smallest absolute Gasteiger partial charge is 0.0807 e. The van der Waals surface area contributed by atoms with E-state index >= 15 is 0 Å². The average Bonchev–Trinajstić information content (AvgIpc) is 3.25. The van der Waals surface area contributed by atoms with Crippen molar-refractivity contribution in [1.82, 2.24) is 5.32 Å². The fraction of sp³-hybridized carbons (Fsp3) is 1.00. The minimum Gasteiger partial charge on any atom is -0.379 e. The fourth-order valence-electron chi connectivity index (χ4n) is 3.46. The Morgan fingerprint density at radius 1 is 1.05 bits per heavy atom. The molecule has 124 valence electrons. The first-order valence-electron chi connectivity index (χ1n) is 8.90. The van der Waals surface area contributed by atoms with Crippen LogP contribution in [0.1, 0.15) is 66.2 Å². The van der Waals surface area contributed by atoms with Gasteiger partial charge in [0, 0.05) is 19.2 Å². The average molecular weight is 297 g/mol. The molecule has 0 atom stereocenters. The molecule has 0 heterocycles.